The zero-order valence-corrected chi connectivity index (χ0v) is 13.6. The Balaban J connectivity index is 2.35. The molecule has 1 aliphatic carbocycles. The molecule has 1 atom stereocenters. The lowest BCUT2D eigenvalue weighted by Crippen LogP contribution is -2.53. The van der Waals surface area contributed by atoms with Crippen molar-refractivity contribution in [3.8, 4) is 0 Å². The number of carbonyl (C=O) groups is 1. The second-order valence-electron chi connectivity index (χ2n) is 6.35. The highest BCUT2D eigenvalue weighted by atomic mass is 16.1. The fraction of sp³-hybridized carbons (Fsp3) is 0.938. The fourth-order valence-corrected chi connectivity index (χ4v) is 2.61. The van der Waals surface area contributed by atoms with Crippen LogP contribution >= 0.6 is 0 Å². The molecule has 0 aromatic rings. The minimum atomic E-state index is -0.546. The minimum Gasteiger partial charge on any atom is -0.368 e. The van der Waals surface area contributed by atoms with E-state index >= 15 is 0 Å². The molecule has 4 heteroatoms. The first-order valence-electron chi connectivity index (χ1n) is 8.32. The molecule has 1 unspecified atom stereocenters. The second kappa shape index (κ2) is 8.63. The summed E-state index contributed by atoms with van der Waals surface area (Å²) in [6.07, 6.45) is 8.12. The maximum Gasteiger partial charge on any atom is 0.237 e. The van der Waals surface area contributed by atoms with Gasteiger partial charge in [-0.05, 0) is 65.1 Å². The molecule has 0 aromatic carbocycles. The predicted molar refractivity (Wildman–Crippen MR) is 84.6 cm³/mol. The lowest BCUT2D eigenvalue weighted by Gasteiger charge is -2.29. The number of primary amides is 1. The first-order chi connectivity index (χ1) is 9.53. The van der Waals surface area contributed by atoms with Crippen LogP contribution in [-0.2, 0) is 4.79 Å². The van der Waals surface area contributed by atoms with E-state index in [0.717, 1.165) is 38.4 Å². The Labute approximate surface area is 124 Å². The molecule has 20 heavy (non-hydrogen) atoms. The number of carbonyl (C=O) groups excluding carboxylic acids is 1. The number of amides is 1. The molecule has 1 aliphatic rings. The van der Waals surface area contributed by atoms with E-state index in [1.165, 1.54) is 32.2 Å². The van der Waals surface area contributed by atoms with Crippen molar-refractivity contribution in [3.05, 3.63) is 0 Å². The van der Waals surface area contributed by atoms with Crippen LogP contribution in [0.15, 0.2) is 0 Å². The molecule has 1 rings (SSSR count). The summed E-state index contributed by atoms with van der Waals surface area (Å²) in [6.45, 7) is 9.44. The van der Waals surface area contributed by atoms with E-state index in [0.29, 0.717) is 0 Å². The lowest BCUT2D eigenvalue weighted by molar-refractivity contribution is -0.124. The molecule has 3 N–H and O–H groups in total. The molecule has 118 valence electrons. The third kappa shape index (κ3) is 5.80. The molecule has 1 fully saturated rings. The topological polar surface area (TPSA) is 58.4 Å². The maximum atomic E-state index is 11.7. The quantitative estimate of drug-likeness (QED) is 0.578. The molecule has 0 aromatic heterocycles. The largest absolute Gasteiger partial charge is 0.368 e. The Morgan fingerprint density at radius 3 is 2.40 bits per heavy atom. The van der Waals surface area contributed by atoms with Crippen LogP contribution in [0.4, 0.5) is 0 Å². The number of nitrogens with zero attached hydrogens (tertiary/aromatic N) is 1. The normalized spacial score (nSPS) is 18.2. The third-order valence-electron chi connectivity index (χ3n) is 4.29. The van der Waals surface area contributed by atoms with Crippen molar-refractivity contribution >= 4 is 5.91 Å². The Kier molecular flexibility index (Phi) is 7.52. The number of rotatable bonds is 12. The SMILES string of the molecule is CCCCN(CCCC(C)(NCCC)C(N)=O)C1CC1. The summed E-state index contributed by atoms with van der Waals surface area (Å²) in [6, 6.07) is 0.810. The third-order valence-corrected chi connectivity index (χ3v) is 4.29. The summed E-state index contributed by atoms with van der Waals surface area (Å²) in [5.41, 5.74) is 5.02. The average molecular weight is 283 g/mol. The molecule has 0 aliphatic heterocycles. The second-order valence-corrected chi connectivity index (χ2v) is 6.35. The molecule has 0 bridgehead atoms. The Morgan fingerprint density at radius 1 is 1.25 bits per heavy atom. The summed E-state index contributed by atoms with van der Waals surface area (Å²) >= 11 is 0. The molecular weight excluding hydrogens is 250 g/mol. The van der Waals surface area contributed by atoms with E-state index in [9.17, 15) is 4.79 Å². The molecule has 1 amide bonds. The van der Waals surface area contributed by atoms with Crippen molar-refractivity contribution in [2.24, 2.45) is 5.73 Å². The van der Waals surface area contributed by atoms with E-state index in [2.05, 4.69) is 24.1 Å². The zero-order chi connectivity index (χ0) is 15.0. The van der Waals surface area contributed by atoms with Gasteiger partial charge in [0.05, 0.1) is 5.54 Å². The van der Waals surface area contributed by atoms with Crippen LogP contribution in [0, 0.1) is 0 Å². The number of nitrogens with two attached hydrogens (primary N) is 1. The van der Waals surface area contributed by atoms with Crippen LogP contribution in [-0.4, -0.2) is 42.0 Å². The minimum absolute atomic E-state index is 0.225. The highest BCUT2D eigenvalue weighted by Gasteiger charge is 2.31. The number of nitrogens with one attached hydrogen (secondary N) is 1. The van der Waals surface area contributed by atoms with Gasteiger partial charge in [-0.3, -0.25) is 4.79 Å². The van der Waals surface area contributed by atoms with E-state index in [1.54, 1.807) is 0 Å². The fourth-order valence-electron chi connectivity index (χ4n) is 2.61. The summed E-state index contributed by atoms with van der Waals surface area (Å²) in [5, 5.41) is 3.31. The van der Waals surface area contributed by atoms with E-state index in [4.69, 9.17) is 5.73 Å². The van der Waals surface area contributed by atoms with Gasteiger partial charge < -0.3 is 16.0 Å². The highest BCUT2D eigenvalue weighted by Crippen LogP contribution is 2.27. The maximum absolute atomic E-state index is 11.7. The Bertz CT molecular complexity index is 291. The van der Waals surface area contributed by atoms with Crippen LogP contribution in [0.25, 0.3) is 0 Å². The summed E-state index contributed by atoms with van der Waals surface area (Å²) in [7, 11) is 0. The van der Waals surface area contributed by atoms with Crippen molar-refractivity contribution < 1.29 is 4.79 Å². The standard InChI is InChI=1S/C16H33N3O/c1-4-6-12-19(14-8-9-14)13-7-10-16(3,15(17)20)18-11-5-2/h14,18H,4-13H2,1-3H3,(H2,17,20). The highest BCUT2D eigenvalue weighted by molar-refractivity contribution is 5.84. The first kappa shape index (κ1) is 17.4. The van der Waals surface area contributed by atoms with E-state index < -0.39 is 5.54 Å². The van der Waals surface area contributed by atoms with Gasteiger partial charge >= 0.3 is 0 Å². The van der Waals surface area contributed by atoms with Crippen LogP contribution in [0.2, 0.25) is 0 Å². The number of hydrogen-bond donors (Lipinski definition) is 2. The Morgan fingerprint density at radius 2 is 1.90 bits per heavy atom. The van der Waals surface area contributed by atoms with Crippen molar-refractivity contribution in [3.63, 3.8) is 0 Å². The van der Waals surface area contributed by atoms with Crippen LogP contribution < -0.4 is 11.1 Å². The van der Waals surface area contributed by atoms with Gasteiger partial charge in [0.15, 0.2) is 0 Å². The van der Waals surface area contributed by atoms with Crippen molar-refractivity contribution in [1.82, 2.24) is 10.2 Å². The van der Waals surface area contributed by atoms with Gasteiger partial charge in [-0.25, -0.2) is 0 Å². The van der Waals surface area contributed by atoms with Gasteiger partial charge in [0.1, 0.15) is 0 Å². The molecule has 0 spiro atoms. The summed E-state index contributed by atoms with van der Waals surface area (Å²) in [4.78, 5) is 14.3. The van der Waals surface area contributed by atoms with Crippen LogP contribution in [0.5, 0.6) is 0 Å². The van der Waals surface area contributed by atoms with Gasteiger partial charge in [0.2, 0.25) is 5.91 Å². The number of hydrogen-bond acceptors (Lipinski definition) is 3. The zero-order valence-electron chi connectivity index (χ0n) is 13.6. The molecular formula is C16H33N3O. The molecule has 0 radical (unpaired) electrons. The van der Waals surface area contributed by atoms with Crippen molar-refractivity contribution in [2.75, 3.05) is 19.6 Å². The lowest BCUT2D eigenvalue weighted by atomic mass is 9.94. The van der Waals surface area contributed by atoms with Gasteiger partial charge in [-0.1, -0.05) is 20.3 Å². The van der Waals surface area contributed by atoms with Gasteiger partial charge in [-0.2, -0.15) is 0 Å². The Hall–Kier alpha value is -0.610. The first-order valence-corrected chi connectivity index (χ1v) is 8.32. The van der Waals surface area contributed by atoms with Crippen LogP contribution in [0.3, 0.4) is 0 Å². The summed E-state index contributed by atoms with van der Waals surface area (Å²) in [5.74, 6) is -0.225. The van der Waals surface area contributed by atoms with Gasteiger partial charge in [0, 0.05) is 6.04 Å². The molecule has 1 saturated carbocycles. The van der Waals surface area contributed by atoms with Crippen molar-refractivity contribution in [1.29, 1.82) is 0 Å². The van der Waals surface area contributed by atoms with E-state index in [-0.39, 0.29) is 5.91 Å². The van der Waals surface area contributed by atoms with Crippen molar-refractivity contribution in [2.45, 2.75) is 77.3 Å². The number of unbranched alkanes of at least 4 members (excludes halogenated alkanes) is 1. The van der Waals surface area contributed by atoms with Gasteiger partial charge in [-0.15, -0.1) is 0 Å². The van der Waals surface area contributed by atoms with Gasteiger partial charge in [0.25, 0.3) is 0 Å². The molecule has 4 nitrogen and oxygen atoms in total. The van der Waals surface area contributed by atoms with Crippen LogP contribution in [0.1, 0.15) is 65.7 Å². The molecule has 0 saturated heterocycles. The predicted octanol–water partition coefficient (Wildman–Crippen LogP) is 2.27. The smallest absolute Gasteiger partial charge is 0.237 e. The average Bonchev–Trinajstić information content (AvgIpc) is 3.24. The monoisotopic (exact) mass is 283 g/mol. The van der Waals surface area contributed by atoms with E-state index in [1.807, 2.05) is 6.92 Å². The summed E-state index contributed by atoms with van der Waals surface area (Å²) < 4.78 is 0. The molecule has 0 heterocycles.